The van der Waals surface area contributed by atoms with E-state index in [1.165, 1.54) is 24.3 Å². The molecule has 0 spiro atoms. The number of rotatable bonds is 7. The van der Waals surface area contributed by atoms with Gasteiger partial charge in [-0.05, 0) is 50.2 Å². The summed E-state index contributed by atoms with van der Waals surface area (Å²) >= 11 is 0. The normalized spacial score (nSPS) is 21.0. The minimum atomic E-state index is -1.32. The first kappa shape index (κ1) is 29.4. The monoisotopic (exact) mass is 633 g/mol. The average molecular weight is 634 g/mol. The third kappa shape index (κ3) is 4.52. The lowest BCUT2D eigenvalue weighted by atomic mass is 9.89. The topological polar surface area (TPSA) is 156 Å². The van der Waals surface area contributed by atoms with E-state index < -0.39 is 27.2 Å². The zero-order valence-electron chi connectivity index (χ0n) is 25.2. The number of carbonyl (C=O) groups is 1. The van der Waals surface area contributed by atoms with E-state index in [1.807, 2.05) is 71.3 Å². The molecule has 0 bridgehead atoms. The molecule has 0 fully saturated rings. The van der Waals surface area contributed by atoms with Gasteiger partial charge in [-0.2, -0.15) is 0 Å². The lowest BCUT2D eigenvalue weighted by Crippen LogP contribution is -2.59. The fourth-order valence-corrected chi connectivity index (χ4v) is 6.46. The maximum Gasteiger partial charge on any atom is 0.376 e. The second-order valence-electron chi connectivity index (χ2n) is 11.2. The van der Waals surface area contributed by atoms with Gasteiger partial charge in [0, 0.05) is 35.4 Å². The molecular formula is C33H27N7O7. The Bertz CT molecular complexity index is 1970. The summed E-state index contributed by atoms with van der Waals surface area (Å²) in [5.41, 5.74) is 0.348. The molecule has 0 aliphatic carbocycles. The van der Waals surface area contributed by atoms with Gasteiger partial charge in [-0.3, -0.25) is 30.0 Å². The van der Waals surface area contributed by atoms with E-state index in [-0.39, 0.29) is 30.2 Å². The number of nitro groups is 2. The summed E-state index contributed by atoms with van der Waals surface area (Å²) in [7, 11) is 0. The van der Waals surface area contributed by atoms with Gasteiger partial charge >= 0.3 is 5.97 Å². The van der Waals surface area contributed by atoms with Gasteiger partial charge in [0.05, 0.1) is 39.9 Å². The van der Waals surface area contributed by atoms with Crippen molar-refractivity contribution in [2.75, 3.05) is 21.4 Å². The Labute approximate surface area is 268 Å². The first-order chi connectivity index (χ1) is 22.7. The minimum absolute atomic E-state index is 0.0124. The number of amidine groups is 2. The first-order valence-electron chi connectivity index (χ1n) is 14.7. The molecule has 7 rings (SSSR count). The van der Waals surface area contributed by atoms with E-state index in [0.29, 0.717) is 28.5 Å². The van der Waals surface area contributed by atoms with Gasteiger partial charge in [0.25, 0.3) is 11.4 Å². The number of anilines is 3. The van der Waals surface area contributed by atoms with Gasteiger partial charge in [0.1, 0.15) is 5.66 Å². The second kappa shape index (κ2) is 10.9. The van der Waals surface area contributed by atoms with E-state index >= 15 is 0 Å². The molecule has 2 atom stereocenters. The number of ether oxygens (including phenoxy) is 1. The Morgan fingerprint density at radius 2 is 1.43 bits per heavy atom. The van der Waals surface area contributed by atoms with Crippen LogP contribution in [-0.4, -0.2) is 39.8 Å². The van der Waals surface area contributed by atoms with Crippen LogP contribution in [0, 0.1) is 20.2 Å². The van der Waals surface area contributed by atoms with Gasteiger partial charge in [-0.15, -0.1) is 5.10 Å². The van der Waals surface area contributed by atoms with Gasteiger partial charge in [0.2, 0.25) is 11.6 Å². The summed E-state index contributed by atoms with van der Waals surface area (Å²) in [6.07, 6.45) is 0.127. The Morgan fingerprint density at radius 1 is 0.851 bits per heavy atom. The molecule has 14 heteroatoms. The highest BCUT2D eigenvalue weighted by molar-refractivity contribution is 6.42. The molecule has 0 saturated carbocycles. The number of fused-ring (bicyclic) bond motifs is 5. The van der Waals surface area contributed by atoms with E-state index in [4.69, 9.17) is 14.7 Å². The minimum Gasteiger partial charge on any atom is -0.460 e. The molecule has 0 aromatic heterocycles. The van der Waals surface area contributed by atoms with Crippen molar-refractivity contribution in [2.45, 2.75) is 31.7 Å². The van der Waals surface area contributed by atoms with Crippen molar-refractivity contribution < 1.29 is 24.2 Å². The zero-order valence-corrected chi connectivity index (χ0v) is 25.2. The van der Waals surface area contributed by atoms with Crippen LogP contribution in [0.5, 0.6) is 0 Å². The maximum absolute atomic E-state index is 13.6. The van der Waals surface area contributed by atoms with Gasteiger partial charge in [0.15, 0.2) is 5.84 Å². The molecular weight excluding hydrogens is 606 g/mol. The summed E-state index contributed by atoms with van der Waals surface area (Å²) in [6, 6.07) is 28.9. The predicted molar refractivity (Wildman–Crippen MR) is 173 cm³/mol. The molecule has 14 nitrogen and oxygen atoms in total. The summed E-state index contributed by atoms with van der Waals surface area (Å²) in [4.78, 5) is 45.9. The first-order valence-corrected chi connectivity index (χ1v) is 14.7. The van der Waals surface area contributed by atoms with Crippen LogP contribution in [0.2, 0.25) is 0 Å². The van der Waals surface area contributed by atoms with Crippen LogP contribution in [0.1, 0.15) is 31.4 Å². The molecule has 0 saturated heterocycles. The van der Waals surface area contributed by atoms with Crippen molar-refractivity contribution in [3.05, 3.63) is 134 Å². The smallest absolute Gasteiger partial charge is 0.376 e. The Balaban J connectivity index is 1.48. The number of carbonyl (C=O) groups excluding carboxylic acids is 1. The molecule has 0 N–H and O–H groups in total. The largest absolute Gasteiger partial charge is 0.460 e. The summed E-state index contributed by atoms with van der Waals surface area (Å²) in [5.74, 6) is -0.241. The third-order valence-electron chi connectivity index (χ3n) is 8.46. The van der Waals surface area contributed by atoms with Gasteiger partial charge in [-0.25, -0.2) is 9.80 Å². The molecule has 236 valence electrons. The van der Waals surface area contributed by atoms with E-state index in [1.54, 1.807) is 36.2 Å². The van der Waals surface area contributed by atoms with Crippen molar-refractivity contribution in [2.24, 2.45) is 10.3 Å². The number of oxime groups is 1. The molecule has 4 aromatic rings. The molecule has 3 aliphatic heterocycles. The average Bonchev–Trinajstić information content (AvgIpc) is 3.58. The van der Waals surface area contributed by atoms with Crippen LogP contribution in [0.15, 0.2) is 113 Å². The lowest BCUT2D eigenvalue weighted by molar-refractivity contribution is -0.385. The van der Waals surface area contributed by atoms with Crippen LogP contribution in [0.4, 0.5) is 28.4 Å². The van der Waals surface area contributed by atoms with Crippen LogP contribution in [-0.2, 0) is 20.1 Å². The maximum atomic E-state index is 13.6. The van der Waals surface area contributed by atoms with Crippen molar-refractivity contribution in [3.8, 4) is 0 Å². The number of hydrazone groups is 1. The number of nitrogens with zero attached hydrogens (tertiary/aromatic N) is 7. The quantitative estimate of drug-likeness (QED) is 0.137. The molecule has 4 aromatic carbocycles. The highest BCUT2D eigenvalue weighted by atomic mass is 16.7. The van der Waals surface area contributed by atoms with E-state index in [2.05, 4.69) is 5.16 Å². The molecule has 47 heavy (non-hydrogen) atoms. The lowest BCUT2D eigenvalue weighted by Gasteiger charge is -2.44. The molecule has 0 amide bonds. The molecule has 3 aliphatic rings. The molecule has 3 heterocycles. The van der Waals surface area contributed by atoms with Crippen molar-refractivity contribution in [1.29, 1.82) is 0 Å². The number of hydrogen-bond donors (Lipinski definition) is 0. The third-order valence-corrected chi connectivity index (χ3v) is 8.46. The second-order valence-corrected chi connectivity index (χ2v) is 11.2. The highest BCUT2D eigenvalue weighted by Crippen LogP contribution is 2.56. The van der Waals surface area contributed by atoms with Crippen LogP contribution in [0.3, 0.4) is 0 Å². The van der Waals surface area contributed by atoms with E-state index in [9.17, 15) is 25.0 Å². The zero-order chi connectivity index (χ0) is 32.9. The van der Waals surface area contributed by atoms with Crippen LogP contribution >= 0.6 is 0 Å². The van der Waals surface area contributed by atoms with Crippen molar-refractivity contribution in [3.63, 3.8) is 0 Å². The summed E-state index contributed by atoms with van der Waals surface area (Å²) in [6.45, 7) is 3.72. The number of benzene rings is 4. The molecule has 2 unspecified atom stereocenters. The van der Waals surface area contributed by atoms with Crippen molar-refractivity contribution >= 4 is 46.1 Å². The number of para-hydroxylation sites is 2. The van der Waals surface area contributed by atoms with Crippen LogP contribution < -0.4 is 14.8 Å². The Hall–Kier alpha value is -6.31. The predicted octanol–water partition coefficient (Wildman–Crippen LogP) is 5.88. The fraction of sp³-hybridized carbons (Fsp3) is 0.182. The van der Waals surface area contributed by atoms with Crippen molar-refractivity contribution in [1.82, 2.24) is 0 Å². The highest BCUT2D eigenvalue weighted by Gasteiger charge is 2.62. The van der Waals surface area contributed by atoms with Crippen LogP contribution in [0.25, 0.3) is 0 Å². The number of non-ortho nitro benzene ring substituents is 2. The number of hydrogen-bond acceptors (Lipinski definition) is 12. The molecule has 0 radical (unpaired) electrons. The summed E-state index contributed by atoms with van der Waals surface area (Å²) in [5, 5.41) is 34.0. The standard InChI is InChI=1S/C33H27N7O7/c1-3-46-31(41)30-34-38(24-17-19-26(20-18-24)40(44)45)32(2)21-33(23-9-5-4-6-10-23)37(28-12-8-7-11-27(28)36(30)32)29(35-47-33)22-13-15-25(16-14-22)39(42)43/h4-20H,3,21H2,1-2H3. The van der Waals surface area contributed by atoms with Gasteiger partial charge < -0.3 is 9.57 Å². The van der Waals surface area contributed by atoms with Gasteiger partial charge in [-0.1, -0.05) is 47.6 Å². The Morgan fingerprint density at radius 3 is 2.02 bits per heavy atom. The number of esters is 1. The number of nitro benzene ring substituents is 2. The Kier molecular flexibility index (Phi) is 6.84. The SMILES string of the molecule is CCOC(=O)C1=NN(c2ccc([N+](=O)[O-])cc2)C2(C)CC3(c4ccccc4)ON=C(c4ccc([N+](=O)[O-])cc4)N3c3ccccc3N12. The summed E-state index contributed by atoms with van der Waals surface area (Å²) < 4.78 is 5.48. The van der Waals surface area contributed by atoms with E-state index in [0.717, 1.165) is 5.56 Å². The fourth-order valence-electron chi connectivity index (χ4n) is 6.46.